The van der Waals surface area contributed by atoms with Gasteiger partial charge < -0.3 is 9.64 Å². The molecule has 0 radical (unpaired) electrons. The van der Waals surface area contributed by atoms with E-state index in [1.54, 1.807) is 12.3 Å². The maximum absolute atomic E-state index is 12.8. The van der Waals surface area contributed by atoms with Crippen LogP contribution in [0.4, 0.5) is 5.69 Å². The molecule has 2 heterocycles. The van der Waals surface area contributed by atoms with Crippen LogP contribution in [0.5, 0.6) is 5.75 Å². The number of esters is 1. The van der Waals surface area contributed by atoms with E-state index < -0.39 is 10.9 Å². The van der Waals surface area contributed by atoms with E-state index in [-0.39, 0.29) is 11.3 Å². The third-order valence-corrected chi connectivity index (χ3v) is 5.68. The molecule has 2 aromatic carbocycles. The van der Waals surface area contributed by atoms with Crippen LogP contribution in [-0.2, 0) is 6.54 Å². The standard InChI is InChI=1S/C22H21ClN4O4/c1-25-9-11-26(12-10-25)14-16-13-19(23)18-3-2-8-24-20(18)21(16)31-22(28)15-4-6-17(7-5-15)27(29)30/h2-8,13H,9-12,14H2,1H3. The molecule has 1 aliphatic rings. The van der Waals surface area contributed by atoms with E-state index in [4.69, 9.17) is 16.3 Å². The molecule has 0 aliphatic carbocycles. The molecule has 1 saturated heterocycles. The second kappa shape index (κ2) is 8.97. The van der Waals surface area contributed by atoms with Gasteiger partial charge in [-0.15, -0.1) is 0 Å². The quantitative estimate of drug-likeness (QED) is 0.258. The van der Waals surface area contributed by atoms with Crippen molar-refractivity contribution in [2.24, 2.45) is 0 Å². The van der Waals surface area contributed by atoms with Gasteiger partial charge in [-0.05, 0) is 37.4 Å². The molecule has 0 saturated carbocycles. The predicted octanol–water partition coefficient (Wildman–Crippen LogP) is 3.76. The lowest BCUT2D eigenvalue weighted by Gasteiger charge is -2.32. The van der Waals surface area contributed by atoms with Gasteiger partial charge in [-0.3, -0.25) is 20.0 Å². The highest BCUT2D eigenvalue weighted by Gasteiger charge is 2.22. The minimum absolute atomic E-state index is 0.0917. The highest BCUT2D eigenvalue weighted by Crippen LogP contribution is 2.35. The van der Waals surface area contributed by atoms with Crippen molar-refractivity contribution in [1.82, 2.24) is 14.8 Å². The first-order valence-electron chi connectivity index (χ1n) is 9.86. The molecule has 0 N–H and O–H groups in total. The summed E-state index contributed by atoms with van der Waals surface area (Å²) in [6, 6.07) is 10.7. The summed E-state index contributed by atoms with van der Waals surface area (Å²) in [5, 5.41) is 12.1. The Morgan fingerprint density at radius 3 is 2.58 bits per heavy atom. The van der Waals surface area contributed by atoms with E-state index in [0.717, 1.165) is 31.7 Å². The number of rotatable bonds is 5. The lowest BCUT2D eigenvalue weighted by Crippen LogP contribution is -2.43. The Bertz CT molecular complexity index is 1130. The SMILES string of the molecule is CN1CCN(Cc2cc(Cl)c3cccnc3c2OC(=O)c2ccc([N+](=O)[O-])cc2)CC1. The summed E-state index contributed by atoms with van der Waals surface area (Å²) < 4.78 is 5.80. The number of benzene rings is 2. The number of ether oxygens (including phenoxy) is 1. The number of nitro groups is 1. The Labute approximate surface area is 184 Å². The van der Waals surface area contributed by atoms with Crippen LogP contribution in [0.15, 0.2) is 48.7 Å². The van der Waals surface area contributed by atoms with E-state index in [0.29, 0.717) is 28.2 Å². The first kappa shape index (κ1) is 21.2. The summed E-state index contributed by atoms with van der Waals surface area (Å²) in [6.45, 7) is 4.27. The van der Waals surface area contributed by atoms with E-state index in [9.17, 15) is 14.9 Å². The molecule has 0 unspecified atom stereocenters. The van der Waals surface area contributed by atoms with Crippen LogP contribution in [0.3, 0.4) is 0 Å². The molecule has 1 aromatic heterocycles. The Balaban J connectivity index is 1.68. The smallest absolute Gasteiger partial charge is 0.343 e. The maximum Gasteiger partial charge on any atom is 0.343 e. The highest BCUT2D eigenvalue weighted by atomic mass is 35.5. The van der Waals surface area contributed by atoms with Crippen LogP contribution in [0, 0.1) is 10.1 Å². The highest BCUT2D eigenvalue weighted by molar-refractivity contribution is 6.35. The van der Waals surface area contributed by atoms with Crippen LogP contribution in [0.25, 0.3) is 10.9 Å². The average molecular weight is 441 g/mol. The average Bonchev–Trinajstić information content (AvgIpc) is 2.78. The molecule has 31 heavy (non-hydrogen) atoms. The number of carbonyl (C=O) groups excluding carboxylic acids is 1. The molecule has 1 aliphatic heterocycles. The van der Waals surface area contributed by atoms with Crippen LogP contribution in [0.2, 0.25) is 5.02 Å². The van der Waals surface area contributed by atoms with Crippen molar-refractivity contribution in [3.05, 3.63) is 74.9 Å². The lowest BCUT2D eigenvalue weighted by molar-refractivity contribution is -0.384. The lowest BCUT2D eigenvalue weighted by atomic mass is 10.1. The van der Waals surface area contributed by atoms with Gasteiger partial charge in [0.1, 0.15) is 5.52 Å². The largest absolute Gasteiger partial charge is 0.420 e. The zero-order valence-electron chi connectivity index (χ0n) is 17.0. The molecule has 3 aromatic rings. The zero-order valence-corrected chi connectivity index (χ0v) is 17.7. The fourth-order valence-corrected chi connectivity index (χ4v) is 3.86. The molecule has 0 amide bonds. The van der Waals surface area contributed by atoms with Crippen molar-refractivity contribution in [3.63, 3.8) is 0 Å². The number of piperazine rings is 1. The number of halogens is 1. The molecule has 9 heteroatoms. The van der Waals surface area contributed by atoms with Crippen LogP contribution >= 0.6 is 11.6 Å². The molecular weight excluding hydrogens is 420 g/mol. The van der Waals surface area contributed by atoms with Crippen molar-refractivity contribution < 1.29 is 14.5 Å². The molecule has 0 spiro atoms. The number of pyridine rings is 1. The fourth-order valence-electron chi connectivity index (χ4n) is 3.58. The van der Waals surface area contributed by atoms with Crippen LogP contribution in [-0.4, -0.2) is 58.9 Å². The maximum atomic E-state index is 12.8. The molecule has 160 valence electrons. The first-order chi connectivity index (χ1) is 14.9. The number of hydrogen-bond acceptors (Lipinski definition) is 7. The predicted molar refractivity (Wildman–Crippen MR) is 118 cm³/mol. The first-order valence-corrected chi connectivity index (χ1v) is 10.2. The van der Waals surface area contributed by atoms with Gasteiger partial charge in [-0.2, -0.15) is 0 Å². The van der Waals surface area contributed by atoms with E-state index in [1.165, 1.54) is 24.3 Å². The molecule has 0 atom stereocenters. The monoisotopic (exact) mass is 440 g/mol. The van der Waals surface area contributed by atoms with Crippen molar-refractivity contribution in [1.29, 1.82) is 0 Å². The van der Waals surface area contributed by atoms with E-state index in [2.05, 4.69) is 21.8 Å². The van der Waals surface area contributed by atoms with E-state index in [1.807, 2.05) is 12.1 Å². The third-order valence-electron chi connectivity index (χ3n) is 5.37. The number of aromatic nitrogens is 1. The summed E-state index contributed by atoms with van der Waals surface area (Å²) in [4.78, 5) is 32.2. The van der Waals surface area contributed by atoms with Crippen LogP contribution in [0.1, 0.15) is 15.9 Å². The molecule has 1 fully saturated rings. The molecule has 4 rings (SSSR count). The number of carbonyl (C=O) groups is 1. The summed E-state index contributed by atoms with van der Waals surface area (Å²) in [5.74, 6) is -0.244. The Morgan fingerprint density at radius 1 is 1.19 bits per heavy atom. The minimum atomic E-state index is -0.608. The van der Waals surface area contributed by atoms with Gasteiger partial charge in [0, 0.05) is 62.0 Å². The van der Waals surface area contributed by atoms with Crippen molar-refractivity contribution in [2.75, 3.05) is 33.2 Å². The summed E-state index contributed by atoms with van der Waals surface area (Å²) in [5.41, 5.74) is 1.41. The summed E-state index contributed by atoms with van der Waals surface area (Å²) in [7, 11) is 2.09. The number of hydrogen-bond donors (Lipinski definition) is 0. The number of fused-ring (bicyclic) bond motifs is 1. The molecule has 8 nitrogen and oxygen atoms in total. The van der Waals surface area contributed by atoms with Crippen LogP contribution < -0.4 is 4.74 Å². The second-order valence-electron chi connectivity index (χ2n) is 7.52. The number of non-ortho nitro benzene ring substituents is 1. The Hall–Kier alpha value is -3.07. The van der Waals surface area contributed by atoms with Gasteiger partial charge >= 0.3 is 5.97 Å². The van der Waals surface area contributed by atoms with Crippen molar-refractivity contribution >= 4 is 34.2 Å². The Kier molecular flexibility index (Phi) is 6.13. The van der Waals surface area contributed by atoms with Gasteiger partial charge in [0.2, 0.25) is 0 Å². The van der Waals surface area contributed by atoms with Gasteiger partial charge in [0.15, 0.2) is 5.75 Å². The second-order valence-corrected chi connectivity index (χ2v) is 7.93. The van der Waals surface area contributed by atoms with Gasteiger partial charge in [-0.25, -0.2) is 4.79 Å². The summed E-state index contributed by atoms with van der Waals surface area (Å²) >= 11 is 6.50. The number of nitro benzene ring substituents is 1. The number of nitrogens with zero attached hydrogens (tertiary/aromatic N) is 4. The zero-order chi connectivity index (χ0) is 22.0. The fraction of sp³-hybridized carbons (Fsp3) is 0.273. The van der Waals surface area contributed by atoms with Gasteiger partial charge in [-0.1, -0.05) is 11.6 Å². The van der Waals surface area contributed by atoms with E-state index >= 15 is 0 Å². The minimum Gasteiger partial charge on any atom is -0.420 e. The van der Waals surface area contributed by atoms with Crippen molar-refractivity contribution in [3.8, 4) is 5.75 Å². The molecular formula is C22H21ClN4O4. The normalized spacial score (nSPS) is 15.2. The topological polar surface area (TPSA) is 88.8 Å². The summed E-state index contributed by atoms with van der Waals surface area (Å²) in [6.07, 6.45) is 1.63. The van der Waals surface area contributed by atoms with Crippen molar-refractivity contribution in [2.45, 2.75) is 6.54 Å². The number of likely N-dealkylation sites (N-methyl/N-ethyl adjacent to an activating group) is 1. The van der Waals surface area contributed by atoms with Gasteiger partial charge in [0.05, 0.1) is 15.5 Å². The molecule has 0 bridgehead atoms. The Morgan fingerprint density at radius 2 is 1.90 bits per heavy atom. The third kappa shape index (κ3) is 4.66. The van der Waals surface area contributed by atoms with Gasteiger partial charge in [0.25, 0.3) is 5.69 Å².